The summed E-state index contributed by atoms with van der Waals surface area (Å²) in [7, 11) is -9.72. The van der Waals surface area contributed by atoms with Gasteiger partial charge in [0.2, 0.25) is 5.36 Å². The predicted molar refractivity (Wildman–Crippen MR) is 156 cm³/mol. The van der Waals surface area contributed by atoms with Gasteiger partial charge in [0.25, 0.3) is 20.2 Å². The summed E-state index contributed by atoms with van der Waals surface area (Å²) in [4.78, 5) is 10.2. The molecule has 0 atom stereocenters. The number of hydrogen-bond donors (Lipinski definition) is 2. The number of fused-ring (bicyclic) bond motifs is 5. The molecule has 2 N–H and O–H groups in total. The van der Waals surface area contributed by atoms with E-state index in [1.807, 2.05) is 6.07 Å². The van der Waals surface area contributed by atoms with E-state index in [0.29, 0.717) is 44.4 Å². The third-order valence-corrected chi connectivity index (χ3v) is 9.96. The Labute approximate surface area is 247 Å². The fourth-order valence-electron chi connectivity index (χ4n) is 6.57. The molecule has 12 heteroatoms. The molecule has 0 aromatic heterocycles. The number of rotatable bonds is 4. The van der Waals surface area contributed by atoms with Crippen molar-refractivity contribution in [1.82, 2.24) is 4.58 Å². The average Bonchev–Trinajstić information content (AvgIpc) is 2.95. The van der Waals surface area contributed by atoms with Crippen LogP contribution in [0.5, 0.6) is 17.2 Å². The molecule has 3 aliphatic rings. The van der Waals surface area contributed by atoms with E-state index in [1.54, 1.807) is 30.3 Å². The summed E-state index contributed by atoms with van der Waals surface area (Å²) in [5.41, 5.74) is 3.16. The number of carbonyl (C=O) groups excluding carboxylic acids is 1. The van der Waals surface area contributed by atoms with Crippen molar-refractivity contribution in [3.63, 3.8) is 0 Å². The lowest BCUT2D eigenvalue weighted by atomic mass is 9.86. The molecule has 4 aromatic rings. The van der Waals surface area contributed by atoms with E-state index < -0.39 is 36.0 Å². The third-order valence-electron chi connectivity index (χ3n) is 8.22. The molecule has 0 spiro atoms. The molecule has 10 nitrogen and oxygen atoms in total. The second kappa shape index (κ2) is 9.71. The second-order valence-electron chi connectivity index (χ2n) is 10.9. The number of benzene rings is 4. The Hall–Kier alpha value is -4.10. The van der Waals surface area contributed by atoms with Crippen molar-refractivity contribution in [1.29, 1.82) is 0 Å². The van der Waals surface area contributed by atoms with Crippen molar-refractivity contribution in [2.75, 3.05) is 13.1 Å². The van der Waals surface area contributed by atoms with Crippen molar-refractivity contribution in [2.24, 2.45) is 0 Å². The van der Waals surface area contributed by atoms with E-state index in [-0.39, 0.29) is 5.56 Å². The maximum atomic E-state index is 12.7. The summed E-state index contributed by atoms with van der Waals surface area (Å²) in [6, 6.07) is 13.8. The zero-order chi connectivity index (χ0) is 30.3. The number of aryl methyl sites for hydroxylation is 1. The Morgan fingerprint density at radius 1 is 0.860 bits per heavy atom. The first kappa shape index (κ1) is 27.7. The summed E-state index contributed by atoms with van der Waals surface area (Å²) in [6.07, 6.45) is 3.45. The van der Waals surface area contributed by atoms with Gasteiger partial charge in [-0.05, 0) is 60.7 Å². The van der Waals surface area contributed by atoms with Crippen molar-refractivity contribution >= 4 is 42.6 Å². The summed E-state index contributed by atoms with van der Waals surface area (Å²) in [5.74, 6) is 0.912. The highest BCUT2D eigenvalue weighted by Crippen LogP contribution is 2.44. The van der Waals surface area contributed by atoms with Gasteiger partial charge in [0.1, 0.15) is 35.2 Å². The molecule has 43 heavy (non-hydrogen) atoms. The van der Waals surface area contributed by atoms with Gasteiger partial charge in [-0.1, -0.05) is 12.1 Å². The molecule has 0 fully saturated rings. The Kier molecular flexibility index (Phi) is 6.26. The highest BCUT2D eigenvalue weighted by molar-refractivity contribution is 7.86. The van der Waals surface area contributed by atoms with Gasteiger partial charge < -0.3 is 9.47 Å². The Morgan fingerprint density at radius 2 is 1.60 bits per heavy atom. The molecule has 0 amide bonds. The van der Waals surface area contributed by atoms with E-state index in [0.717, 1.165) is 67.4 Å². The lowest BCUT2D eigenvalue weighted by Gasteiger charge is -2.27. The fourth-order valence-corrected chi connectivity index (χ4v) is 7.87. The second-order valence-corrected chi connectivity index (χ2v) is 13.7. The maximum Gasteiger partial charge on any atom is 0.308 e. The lowest BCUT2D eigenvalue weighted by Crippen LogP contribution is -2.45. The van der Waals surface area contributed by atoms with Gasteiger partial charge in [-0.3, -0.25) is 13.9 Å². The zero-order valence-corrected chi connectivity index (χ0v) is 24.6. The van der Waals surface area contributed by atoms with Crippen LogP contribution in [0.1, 0.15) is 42.0 Å². The van der Waals surface area contributed by atoms with Crippen LogP contribution in [0, 0.1) is 0 Å². The molecular weight excluding hydrogens is 594 g/mol. The van der Waals surface area contributed by atoms with E-state index >= 15 is 0 Å². The van der Waals surface area contributed by atoms with Crippen molar-refractivity contribution in [2.45, 2.75) is 42.4 Å². The quantitative estimate of drug-likeness (QED) is 0.134. The molecular formula is C31H26NO9S2+. The van der Waals surface area contributed by atoms with Crippen LogP contribution in [0.4, 0.5) is 0 Å². The van der Waals surface area contributed by atoms with Gasteiger partial charge in [0.15, 0.2) is 0 Å². The molecule has 0 unspecified atom stereocenters. The van der Waals surface area contributed by atoms with Gasteiger partial charge in [0, 0.05) is 52.6 Å². The van der Waals surface area contributed by atoms with Crippen molar-refractivity contribution < 1.29 is 40.2 Å². The molecule has 0 aliphatic carbocycles. The van der Waals surface area contributed by atoms with Crippen LogP contribution in [-0.2, 0) is 37.9 Å². The maximum absolute atomic E-state index is 12.7. The van der Waals surface area contributed by atoms with E-state index in [4.69, 9.17) is 9.47 Å². The summed E-state index contributed by atoms with van der Waals surface area (Å²) < 4.78 is 83.6. The highest BCUT2D eigenvalue weighted by atomic mass is 32.2. The summed E-state index contributed by atoms with van der Waals surface area (Å²) in [5, 5.41) is 3.15. The largest absolute Gasteiger partial charge is 0.455 e. The third kappa shape index (κ3) is 4.61. The number of nitrogens with zero attached hydrogens (tertiary/aromatic N) is 1. The molecule has 0 saturated heterocycles. The van der Waals surface area contributed by atoms with Crippen LogP contribution in [0.15, 0.2) is 64.4 Å². The molecule has 220 valence electrons. The van der Waals surface area contributed by atoms with E-state index in [9.17, 15) is 30.7 Å². The minimum atomic E-state index is -4.95. The zero-order valence-electron chi connectivity index (χ0n) is 23.0. The molecule has 0 bridgehead atoms. The normalized spacial score (nSPS) is 15.8. The minimum Gasteiger partial charge on any atom is -0.455 e. The molecule has 4 aromatic carbocycles. The average molecular weight is 621 g/mol. The lowest BCUT2D eigenvalue weighted by molar-refractivity contribution is -0.131. The van der Waals surface area contributed by atoms with Gasteiger partial charge in [0.05, 0.1) is 10.5 Å². The Bertz CT molecular complexity index is 2270. The van der Waals surface area contributed by atoms with Gasteiger partial charge in [-0.15, -0.1) is 0 Å². The molecule has 3 heterocycles. The SMILES string of the molecule is CC(=O)Oc1ccc2c3c(ccc2c1)C(c1ccc(S(=O)(=O)O)cc1S(=O)(=O)O)=c1cc2c4c(c1O3)CCC[N+]=4CCC2. The van der Waals surface area contributed by atoms with Crippen LogP contribution in [0.2, 0.25) is 0 Å². The van der Waals surface area contributed by atoms with E-state index in [2.05, 4.69) is 4.58 Å². The van der Waals surface area contributed by atoms with Crippen LogP contribution < -0.4 is 24.6 Å². The van der Waals surface area contributed by atoms with E-state index in [1.165, 1.54) is 13.0 Å². The monoisotopic (exact) mass is 620 g/mol. The summed E-state index contributed by atoms with van der Waals surface area (Å²) >= 11 is 0. The van der Waals surface area contributed by atoms with Crippen LogP contribution in [-0.4, -0.2) is 45.0 Å². The first-order chi connectivity index (χ1) is 20.4. The fraction of sp³-hybridized carbons (Fsp3) is 0.226. The smallest absolute Gasteiger partial charge is 0.308 e. The standard InChI is InChI=1S/C31H25NO9S2/c1-17(33)40-20-7-10-22-18(14-20)6-9-24-28(23-11-8-21(42(34,35)36)16-27(23)43(37,38)39)26-15-19-4-2-12-32-13-3-5-25(29(19)32)31(26)41-30(22)24/h6-11,14-16H,2-5,12-13H2,1H3,(H-,34,35,36,37,38,39)/p+1. The first-order valence-corrected chi connectivity index (χ1v) is 16.6. The number of esters is 1. The molecule has 3 aliphatic heterocycles. The predicted octanol–water partition coefficient (Wildman–Crippen LogP) is 3.00. The number of carbonyl (C=O) groups is 1. The van der Waals surface area contributed by atoms with Crippen LogP contribution in [0.25, 0.3) is 16.3 Å². The van der Waals surface area contributed by atoms with Gasteiger partial charge >= 0.3 is 5.97 Å². The Balaban J connectivity index is 1.63. The number of hydrogen-bond acceptors (Lipinski definition) is 7. The van der Waals surface area contributed by atoms with Crippen molar-refractivity contribution in [3.05, 3.63) is 87.4 Å². The van der Waals surface area contributed by atoms with Crippen LogP contribution >= 0.6 is 0 Å². The van der Waals surface area contributed by atoms with Gasteiger partial charge in [-0.25, -0.2) is 4.58 Å². The summed E-state index contributed by atoms with van der Waals surface area (Å²) in [6.45, 7) is 3.17. The topological polar surface area (TPSA) is 147 Å². The Morgan fingerprint density at radius 3 is 2.33 bits per heavy atom. The molecule has 0 saturated carbocycles. The minimum absolute atomic E-state index is 0.0622. The van der Waals surface area contributed by atoms with Gasteiger partial charge in [-0.2, -0.15) is 16.8 Å². The number of ether oxygens (including phenoxy) is 2. The molecule has 7 rings (SSSR count). The molecule has 0 radical (unpaired) electrons. The highest BCUT2D eigenvalue weighted by Gasteiger charge is 2.33. The van der Waals surface area contributed by atoms with Crippen LogP contribution in [0.3, 0.4) is 0 Å². The first-order valence-electron chi connectivity index (χ1n) is 13.7. The van der Waals surface area contributed by atoms with Crippen molar-refractivity contribution in [3.8, 4) is 17.2 Å².